The van der Waals surface area contributed by atoms with Crippen molar-refractivity contribution in [3.05, 3.63) is 41.9 Å². The number of carbonyl (C=O) groups excluding carboxylic acids is 2. The van der Waals surface area contributed by atoms with Gasteiger partial charge in [-0.15, -0.1) is 0 Å². The van der Waals surface area contributed by atoms with Gasteiger partial charge >= 0.3 is 5.97 Å². The number of benzene rings is 1. The lowest BCUT2D eigenvalue weighted by Gasteiger charge is -2.10. The predicted molar refractivity (Wildman–Crippen MR) is 79.9 cm³/mol. The average molecular weight is 303 g/mol. The Kier molecular flexibility index (Phi) is 5.13. The zero-order valence-electron chi connectivity index (χ0n) is 12.4. The molecular weight excluding hydrogens is 286 g/mol. The maximum Gasteiger partial charge on any atom is 0.358 e. The standard InChI is InChI=1S/C15H17N3O4/c1-3-10-6-4-5-7-11(10)22-8-12(19)18-14-13(15(20)21-2)16-9-17-14/h4-7,9H,3,8H2,1-2H3,(H,16,17)(H,18,19). The van der Waals surface area contributed by atoms with E-state index in [4.69, 9.17) is 4.74 Å². The third kappa shape index (κ3) is 3.63. The number of esters is 1. The number of imidazole rings is 1. The van der Waals surface area contributed by atoms with Gasteiger partial charge in [-0.2, -0.15) is 0 Å². The molecule has 0 fully saturated rings. The van der Waals surface area contributed by atoms with Crippen LogP contribution in [-0.4, -0.2) is 35.6 Å². The minimum Gasteiger partial charge on any atom is -0.483 e. The zero-order chi connectivity index (χ0) is 15.9. The number of aromatic nitrogens is 2. The number of hydrogen-bond acceptors (Lipinski definition) is 5. The number of hydrogen-bond donors (Lipinski definition) is 2. The van der Waals surface area contributed by atoms with Gasteiger partial charge in [-0.1, -0.05) is 25.1 Å². The summed E-state index contributed by atoms with van der Waals surface area (Å²) in [6.45, 7) is 1.83. The number of carbonyl (C=O) groups is 2. The minimum absolute atomic E-state index is 0.0878. The van der Waals surface area contributed by atoms with Crippen LogP contribution in [0.3, 0.4) is 0 Å². The number of H-pyrrole nitrogens is 1. The lowest BCUT2D eigenvalue weighted by Crippen LogP contribution is -2.22. The van der Waals surface area contributed by atoms with Crippen LogP contribution in [0, 0.1) is 0 Å². The van der Waals surface area contributed by atoms with E-state index in [1.54, 1.807) is 6.07 Å². The molecule has 1 heterocycles. The van der Waals surface area contributed by atoms with E-state index in [2.05, 4.69) is 20.0 Å². The number of amides is 1. The smallest absolute Gasteiger partial charge is 0.358 e. The van der Waals surface area contributed by atoms with Crippen LogP contribution in [0.15, 0.2) is 30.6 Å². The molecule has 0 atom stereocenters. The maximum atomic E-state index is 11.9. The summed E-state index contributed by atoms with van der Waals surface area (Å²) in [7, 11) is 1.25. The predicted octanol–water partition coefficient (Wildman–Crippen LogP) is 1.78. The quantitative estimate of drug-likeness (QED) is 0.793. The van der Waals surface area contributed by atoms with Gasteiger partial charge in [-0.25, -0.2) is 9.78 Å². The highest BCUT2D eigenvalue weighted by Gasteiger charge is 2.17. The van der Waals surface area contributed by atoms with E-state index in [1.807, 2.05) is 25.1 Å². The van der Waals surface area contributed by atoms with Gasteiger partial charge < -0.3 is 19.8 Å². The molecule has 0 spiro atoms. The molecule has 2 rings (SSSR count). The number of nitrogens with zero attached hydrogens (tertiary/aromatic N) is 1. The fraction of sp³-hybridized carbons (Fsp3) is 0.267. The summed E-state index contributed by atoms with van der Waals surface area (Å²) in [6.07, 6.45) is 2.11. The second-order valence-electron chi connectivity index (χ2n) is 4.42. The Balaban J connectivity index is 1.96. The van der Waals surface area contributed by atoms with Crippen molar-refractivity contribution in [1.82, 2.24) is 9.97 Å². The van der Waals surface area contributed by atoms with Crippen molar-refractivity contribution in [2.45, 2.75) is 13.3 Å². The third-order valence-electron chi connectivity index (χ3n) is 3.00. The largest absolute Gasteiger partial charge is 0.483 e. The number of para-hydroxylation sites is 1. The molecule has 7 nitrogen and oxygen atoms in total. The Morgan fingerprint density at radius 2 is 2.09 bits per heavy atom. The van der Waals surface area contributed by atoms with Gasteiger partial charge in [0.25, 0.3) is 5.91 Å². The Hall–Kier alpha value is -2.83. The van der Waals surface area contributed by atoms with Crippen LogP contribution < -0.4 is 10.1 Å². The molecule has 1 aromatic heterocycles. The molecule has 1 aromatic carbocycles. The summed E-state index contributed by atoms with van der Waals surface area (Å²) in [5.41, 5.74) is 1.11. The molecule has 0 radical (unpaired) electrons. The van der Waals surface area contributed by atoms with E-state index in [0.717, 1.165) is 12.0 Å². The van der Waals surface area contributed by atoms with Gasteiger partial charge in [0, 0.05) is 0 Å². The van der Waals surface area contributed by atoms with E-state index < -0.39 is 11.9 Å². The molecule has 0 aliphatic heterocycles. The van der Waals surface area contributed by atoms with Crippen LogP contribution in [0.2, 0.25) is 0 Å². The van der Waals surface area contributed by atoms with Crippen molar-refractivity contribution in [1.29, 1.82) is 0 Å². The highest BCUT2D eigenvalue weighted by Crippen LogP contribution is 2.18. The monoisotopic (exact) mass is 303 g/mol. The molecule has 116 valence electrons. The molecule has 0 aliphatic rings. The fourth-order valence-corrected chi connectivity index (χ4v) is 1.89. The van der Waals surface area contributed by atoms with E-state index in [-0.39, 0.29) is 18.1 Å². The van der Waals surface area contributed by atoms with Crippen molar-refractivity contribution in [2.24, 2.45) is 0 Å². The van der Waals surface area contributed by atoms with E-state index >= 15 is 0 Å². The topological polar surface area (TPSA) is 93.3 Å². The highest BCUT2D eigenvalue weighted by atomic mass is 16.5. The van der Waals surface area contributed by atoms with Crippen LogP contribution in [0.1, 0.15) is 23.0 Å². The maximum absolute atomic E-state index is 11.9. The summed E-state index contributed by atoms with van der Waals surface area (Å²) >= 11 is 0. The van der Waals surface area contributed by atoms with Gasteiger partial charge in [0.2, 0.25) is 0 Å². The summed E-state index contributed by atoms with van der Waals surface area (Å²) in [4.78, 5) is 29.9. The van der Waals surface area contributed by atoms with Crippen LogP contribution in [0.4, 0.5) is 5.82 Å². The number of aromatic amines is 1. The Morgan fingerprint density at radius 1 is 1.32 bits per heavy atom. The number of aryl methyl sites for hydroxylation is 1. The van der Waals surface area contributed by atoms with Crippen molar-refractivity contribution < 1.29 is 19.1 Å². The van der Waals surface area contributed by atoms with Crippen molar-refractivity contribution in [2.75, 3.05) is 19.0 Å². The first-order chi connectivity index (χ1) is 10.7. The summed E-state index contributed by atoms with van der Waals surface area (Å²) < 4.78 is 10.1. The van der Waals surface area contributed by atoms with Gasteiger partial charge in [-0.3, -0.25) is 4.79 Å². The van der Waals surface area contributed by atoms with Gasteiger partial charge in [0.05, 0.1) is 13.4 Å². The Bertz CT molecular complexity index is 666. The molecular formula is C15H17N3O4. The summed E-state index contributed by atoms with van der Waals surface area (Å²) in [5, 5.41) is 2.51. The van der Waals surface area contributed by atoms with Gasteiger partial charge in [0.15, 0.2) is 18.1 Å². The molecule has 0 saturated heterocycles. The number of ether oxygens (including phenoxy) is 2. The molecule has 2 N–H and O–H groups in total. The number of rotatable bonds is 6. The molecule has 2 aromatic rings. The zero-order valence-corrected chi connectivity index (χ0v) is 12.4. The second kappa shape index (κ2) is 7.26. The van der Waals surface area contributed by atoms with Gasteiger partial charge in [0.1, 0.15) is 5.75 Å². The van der Waals surface area contributed by atoms with E-state index in [1.165, 1.54) is 13.4 Å². The van der Waals surface area contributed by atoms with Crippen LogP contribution in [-0.2, 0) is 16.0 Å². The number of nitrogens with one attached hydrogen (secondary N) is 2. The van der Waals surface area contributed by atoms with Crippen molar-refractivity contribution in [3.63, 3.8) is 0 Å². The summed E-state index contributed by atoms with van der Waals surface area (Å²) in [5.74, 6) is -0.243. The molecule has 0 bridgehead atoms. The molecule has 1 amide bonds. The van der Waals surface area contributed by atoms with Gasteiger partial charge in [-0.05, 0) is 18.1 Å². The summed E-state index contributed by atoms with van der Waals surface area (Å²) in [6, 6.07) is 7.50. The highest BCUT2D eigenvalue weighted by molar-refractivity contribution is 5.99. The minimum atomic E-state index is -0.606. The Labute approximate surface area is 127 Å². The van der Waals surface area contributed by atoms with Crippen LogP contribution >= 0.6 is 0 Å². The number of anilines is 1. The molecule has 0 aliphatic carbocycles. The Morgan fingerprint density at radius 3 is 2.82 bits per heavy atom. The first-order valence-electron chi connectivity index (χ1n) is 6.78. The average Bonchev–Trinajstić information content (AvgIpc) is 3.00. The normalized spacial score (nSPS) is 10.1. The number of methoxy groups -OCH3 is 1. The van der Waals surface area contributed by atoms with Crippen molar-refractivity contribution in [3.8, 4) is 5.75 Å². The fourth-order valence-electron chi connectivity index (χ4n) is 1.89. The lowest BCUT2D eigenvalue weighted by atomic mass is 10.1. The third-order valence-corrected chi connectivity index (χ3v) is 3.00. The second-order valence-corrected chi connectivity index (χ2v) is 4.42. The van der Waals surface area contributed by atoms with Crippen molar-refractivity contribution >= 4 is 17.7 Å². The SMILES string of the molecule is CCc1ccccc1OCC(=O)Nc1nc[nH]c1C(=O)OC. The molecule has 22 heavy (non-hydrogen) atoms. The molecule has 0 unspecified atom stereocenters. The molecule has 0 saturated carbocycles. The van der Waals surface area contributed by atoms with E-state index in [9.17, 15) is 9.59 Å². The van der Waals surface area contributed by atoms with Crippen LogP contribution in [0.25, 0.3) is 0 Å². The van der Waals surface area contributed by atoms with Crippen LogP contribution in [0.5, 0.6) is 5.75 Å². The first-order valence-corrected chi connectivity index (χ1v) is 6.78. The lowest BCUT2D eigenvalue weighted by molar-refractivity contribution is -0.118. The first kappa shape index (κ1) is 15.6. The van der Waals surface area contributed by atoms with E-state index in [0.29, 0.717) is 5.75 Å². The molecule has 7 heteroatoms.